The quantitative estimate of drug-likeness (QED) is 0.784. The van der Waals surface area contributed by atoms with E-state index < -0.39 is 11.6 Å². The molecule has 3 heteroatoms. The van der Waals surface area contributed by atoms with Crippen LogP contribution in [0.3, 0.4) is 0 Å². The Bertz CT molecular complexity index is 521. The van der Waals surface area contributed by atoms with Crippen molar-refractivity contribution in [3.8, 4) is 5.75 Å². The van der Waals surface area contributed by atoms with E-state index in [9.17, 15) is 14.3 Å². The van der Waals surface area contributed by atoms with Crippen molar-refractivity contribution in [2.45, 2.75) is 0 Å². The summed E-state index contributed by atoms with van der Waals surface area (Å²) in [4.78, 5) is 11.9. The van der Waals surface area contributed by atoms with E-state index >= 15 is 0 Å². The SMILES string of the molecule is O=C(c1ccccc1)c1cc(O)ccc1F. The van der Waals surface area contributed by atoms with Crippen LogP contribution in [0.5, 0.6) is 5.75 Å². The number of phenols is 1. The fraction of sp³-hybridized carbons (Fsp3) is 0. The Morgan fingerprint density at radius 2 is 1.75 bits per heavy atom. The Kier molecular flexibility index (Phi) is 2.68. The molecule has 2 rings (SSSR count). The lowest BCUT2D eigenvalue weighted by atomic mass is 10.0. The molecule has 0 heterocycles. The van der Waals surface area contributed by atoms with Crippen LogP contribution < -0.4 is 0 Å². The Morgan fingerprint density at radius 1 is 1.06 bits per heavy atom. The molecule has 0 aliphatic rings. The van der Waals surface area contributed by atoms with Crippen LogP contribution in [0, 0.1) is 5.82 Å². The normalized spacial score (nSPS) is 10.1. The number of halogens is 1. The molecule has 0 spiro atoms. The molecule has 0 radical (unpaired) electrons. The van der Waals surface area contributed by atoms with E-state index in [1.54, 1.807) is 30.3 Å². The van der Waals surface area contributed by atoms with Crippen LogP contribution in [-0.4, -0.2) is 10.9 Å². The van der Waals surface area contributed by atoms with Crippen LogP contribution in [0.15, 0.2) is 48.5 Å². The van der Waals surface area contributed by atoms with Gasteiger partial charge in [-0.25, -0.2) is 4.39 Å². The molecule has 80 valence electrons. The van der Waals surface area contributed by atoms with Crippen LogP contribution in [-0.2, 0) is 0 Å². The molecule has 2 nitrogen and oxygen atoms in total. The number of carbonyl (C=O) groups is 1. The molecule has 0 fully saturated rings. The van der Waals surface area contributed by atoms with Gasteiger partial charge >= 0.3 is 0 Å². The second-order valence-electron chi connectivity index (χ2n) is 3.36. The third-order valence-corrected chi connectivity index (χ3v) is 2.23. The molecule has 0 aliphatic carbocycles. The number of hydrogen-bond donors (Lipinski definition) is 1. The number of hydrogen-bond acceptors (Lipinski definition) is 2. The highest BCUT2D eigenvalue weighted by atomic mass is 19.1. The molecule has 0 atom stereocenters. The summed E-state index contributed by atoms with van der Waals surface area (Å²) in [5.41, 5.74) is 0.276. The topological polar surface area (TPSA) is 37.3 Å². The lowest BCUT2D eigenvalue weighted by molar-refractivity contribution is 0.103. The van der Waals surface area contributed by atoms with E-state index in [1.807, 2.05) is 0 Å². The average Bonchev–Trinajstić information content (AvgIpc) is 2.32. The van der Waals surface area contributed by atoms with Gasteiger partial charge in [0.25, 0.3) is 0 Å². The highest BCUT2D eigenvalue weighted by molar-refractivity contribution is 6.09. The van der Waals surface area contributed by atoms with E-state index in [0.29, 0.717) is 5.56 Å². The minimum atomic E-state index is -0.633. The van der Waals surface area contributed by atoms with E-state index in [1.165, 1.54) is 6.07 Å². The number of benzene rings is 2. The molecule has 16 heavy (non-hydrogen) atoms. The Hall–Kier alpha value is -2.16. The molecular weight excluding hydrogens is 207 g/mol. The van der Waals surface area contributed by atoms with Crippen molar-refractivity contribution in [3.05, 3.63) is 65.5 Å². The molecule has 0 saturated heterocycles. The Morgan fingerprint density at radius 3 is 2.44 bits per heavy atom. The third-order valence-electron chi connectivity index (χ3n) is 2.23. The maximum atomic E-state index is 13.4. The summed E-state index contributed by atoms with van der Waals surface area (Å²) in [6.45, 7) is 0. The third kappa shape index (κ3) is 1.93. The summed E-state index contributed by atoms with van der Waals surface area (Å²) in [6, 6.07) is 11.8. The van der Waals surface area contributed by atoms with Gasteiger partial charge in [0, 0.05) is 5.56 Å². The van der Waals surface area contributed by atoms with E-state index in [4.69, 9.17) is 0 Å². The minimum Gasteiger partial charge on any atom is -0.508 e. The molecule has 1 N–H and O–H groups in total. The molecule has 2 aromatic carbocycles. The highest BCUT2D eigenvalue weighted by Crippen LogP contribution is 2.18. The molecule has 0 amide bonds. The van der Waals surface area contributed by atoms with Crippen LogP contribution in [0.25, 0.3) is 0 Å². The van der Waals surface area contributed by atoms with Crippen molar-refractivity contribution in [2.75, 3.05) is 0 Å². The predicted octanol–water partition coefficient (Wildman–Crippen LogP) is 2.76. The van der Waals surface area contributed by atoms with Crippen molar-refractivity contribution in [1.29, 1.82) is 0 Å². The summed E-state index contributed by atoms with van der Waals surface area (Å²) < 4.78 is 13.4. The zero-order valence-electron chi connectivity index (χ0n) is 8.35. The standard InChI is InChI=1S/C13H9FO2/c14-12-7-6-10(15)8-11(12)13(16)9-4-2-1-3-5-9/h1-8,15H. The number of ketones is 1. The summed E-state index contributed by atoms with van der Waals surface area (Å²) >= 11 is 0. The van der Waals surface area contributed by atoms with Gasteiger partial charge in [0.2, 0.25) is 0 Å². The Labute approximate surface area is 92.0 Å². The molecule has 0 aliphatic heterocycles. The van der Waals surface area contributed by atoms with Gasteiger partial charge in [-0.05, 0) is 18.2 Å². The molecule has 0 saturated carbocycles. The van der Waals surface area contributed by atoms with Crippen molar-refractivity contribution >= 4 is 5.78 Å². The predicted molar refractivity (Wildman–Crippen MR) is 57.9 cm³/mol. The maximum Gasteiger partial charge on any atom is 0.196 e. The lowest BCUT2D eigenvalue weighted by Gasteiger charge is -2.03. The zero-order valence-corrected chi connectivity index (χ0v) is 8.35. The largest absolute Gasteiger partial charge is 0.508 e. The van der Waals surface area contributed by atoms with Gasteiger partial charge in [-0.3, -0.25) is 4.79 Å². The van der Waals surface area contributed by atoms with E-state index in [-0.39, 0.29) is 11.3 Å². The van der Waals surface area contributed by atoms with Gasteiger partial charge in [0.05, 0.1) is 5.56 Å². The summed E-state index contributed by atoms with van der Waals surface area (Å²) in [7, 11) is 0. The maximum absolute atomic E-state index is 13.4. The molecule has 2 aromatic rings. The summed E-state index contributed by atoms with van der Waals surface area (Å²) in [6.07, 6.45) is 0. The van der Waals surface area contributed by atoms with Crippen molar-refractivity contribution in [3.63, 3.8) is 0 Å². The van der Waals surface area contributed by atoms with Gasteiger partial charge < -0.3 is 5.11 Å². The summed E-state index contributed by atoms with van der Waals surface area (Å²) in [5.74, 6) is -1.19. The molecule has 0 unspecified atom stereocenters. The fourth-order valence-electron chi connectivity index (χ4n) is 1.43. The fourth-order valence-corrected chi connectivity index (χ4v) is 1.43. The van der Waals surface area contributed by atoms with Crippen LogP contribution in [0.2, 0.25) is 0 Å². The number of aromatic hydroxyl groups is 1. The van der Waals surface area contributed by atoms with Crippen molar-refractivity contribution in [2.24, 2.45) is 0 Å². The van der Waals surface area contributed by atoms with Gasteiger partial charge in [-0.15, -0.1) is 0 Å². The first kappa shape index (κ1) is 10.4. The molecular formula is C13H9FO2. The van der Waals surface area contributed by atoms with E-state index in [0.717, 1.165) is 12.1 Å². The zero-order chi connectivity index (χ0) is 11.5. The number of carbonyl (C=O) groups excluding carboxylic acids is 1. The van der Waals surface area contributed by atoms with Gasteiger partial charge in [0.1, 0.15) is 11.6 Å². The van der Waals surface area contributed by atoms with Crippen LogP contribution in [0.4, 0.5) is 4.39 Å². The van der Waals surface area contributed by atoms with Gasteiger partial charge in [0.15, 0.2) is 5.78 Å². The molecule has 0 bridgehead atoms. The van der Waals surface area contributed by atoms with Gasteiger partial charge in [-0.1, -0.05) is 30.3 Å². The highest BCUT2D eigenvalue weighted by Gasteiger charge is 2.13. The second kappa shape index (κ2) is 4.14. The van der Waals surface area contributed by atoms with Crippen LogP contribution >= 0.6 is 0 Å². The monoisotopic (exact) mass is 216 g/mol. The van der Waals surface area contributed by atoms with E-state index in [2.05, 4.69) is 0 Å². The smallest absolute Gasteiger partial charge is 0.196 e. The van der Waals surface area contributed by atoms with Gasteiger partial charge in [-0.2, -0.15) is 0 Å². The number of phenolic OH excluding ortho intramolecular Hbond substituents is 1. The first-order chi connectivity index (χ1) is 7.68. The number of rotatable bonds is 2. The molecule has 0 aromatic heterocycles. The van der Waals surface area contributed by atoms with Crippen molar-refractivity contribution in [1.82, 2.24) is 0 Å². The average molecular weight is 216 g/mol. The first-order valence-electron chi connectivity index (χ1n) is 4.77. The van der Waals surface area contributed by atoms with Crippen molar-refractivity contribution < 1.29 is 14.3 Å². The lowest BCUT2D eigenvalue weighted by Crippen LogP contribution is -2.03. The summed E-state index contributed by atoms with van der Waals surface area (Å²) in [5, 5.41) is 9.21. The minimum absolute atomic E-state index is 0.119. The first-order valence-corrected chi connectivity index (χ1v) is 4.77. The Balaban J connectivity index is 2.46. The van der Waals surface area contributed by atoms with Crippen LogP contribution in [0.1, 0.15) is 15.9 Å². The second-order valence-corrected chi connectivity index (χ2v) is 3.36.